The van der Waals surface area contributed by atoms with Gasteiger partial charge in [-0.1, -0.05) is 6.92 Å². The van der Waals surface area contributed by atoms with Gasteiger partial charge in [0, 0.05) is 17.8 Å². The molecule has 0 aromatic carbocycles. The largest absolute Gasteiger partial charge is 0.317 e. The van der Waals surface area contributed by atoms with Crippen LogP contribution in [0.1, 0.15) is 38.3 Å². The number of aromatic amines is 1. The van der Waals surface area contributed by atoms with E-state index in [-0.39, 0.29) is 11.8 Å². The second-order valence-corrected chi connectivity index (χ2v) is 6.17. The molecule has 3 N–H and O–H groups in total. The maximum Gasteiger partial charge on any atom is 0.212 e. The Balaban J connectivity index is 2.31. The Hall–Kier alpha value is -0.920. The summed E-state index contributed by atoms with van der Waals surface area (Å²) < 4.78 is 26.2. The predicted octanol–water partition coefficient (Wildman–Crippen LogP) is 0.780. The molecule has 1 atom stereocenters. The third kappa shape index (κ3) is 5.61. The van der Waals surface area contributed by atoms with E-state index in [1.54, 1.807) is 19.3 Å². The second kappa shape index (κ2) is 7.50. The van der Waals surface area contributed by atoms with Crippen LogP contribution in [0.4, 0.5) is 0 Å². The molecule has 104 valence electrons. The van der Waals surface area contributed by atoms with Crippen molar-refractivity contribution in [2.45, 2.75) is 32.7 Å². The highest BCUT2D eigenvalue weighted by atomic mass is 32.2. The molecule has 1 rings (SSSR count). The predicted molar refractivity (Wildman–Crippen MR) is 71.7 cm³/mol. The van der Waals surface area contributed by atoms with Crippen molar-refractivity contribution in [1.29, 1.82) is 0 Å². The molecule has 1 heterocycles. The summed E-state index contributed by atoms with van der Waals surface area (Å²) >= 11 is 0. The standard InChI is InChI=1S/C11H22N4O2S/c1-3-5-12-6-4-7-18(16,17)15-10(2)11-8-13-14-9-11/h8-10,12,15H,3-7H2,1-2H3,(H,13,14). The summed E-state index contributed by atoms with van der Waals surface area (Å²) in [6.45, 7) is 5.55. The van der Waals surface area contributed by atoms with Crippen LogP contribution in [-0.4, -0.2) is 37.5 Å². The van der Waals surface area contributed by atoms with Gasteiger partial charge in [-0.3, -0.25) is 5.10 Å². The first-order valence-electron chi connectivity index (χ1n) is 6.24. The molecule has 0 aliphatic rings. The van der Waals surface area contributed by atoms with Gasteiger partial charge >= 0.3 is 0 Å². The molecule has 0 fully saturated rings. The van der Waals surface area contributed by atoms with Crippen LogP contribution in [-0.2, 0) is 10.0 Å². The number of H-pyrrole nitrogens is 1. The smallest absolute Gasteiger partial charge is 0.212 e. The summed E-state index contributed by atoms with van der Waals surface area (Å²) in [4.78, 5) is 0. The van der Waals surface area contributed by atoms with Crippen molar-refractivity contribution in [2.75, 3.05) is 18.8 Å². The average Bonchev–Trinajstić information content (AvgIpc) is 2.81. The molecule has 1 unspecified atom stereocenters. The molecule has 0 bridgehead atoms. The average molecular weight is 274 g/mol. The van der Waals surface area contributed by atoms with Crippen LogP contribution >= 0.6 is 0 Å². The van der Waals surface area contributed by atoms with E-state index < -0.39 is 10.0 Å². The van der Waals surface area contributed by atoms with Crippen molar-refractivity contribution >= 4 is 10.0 Å². The molecule has 0 aliphatic carbocycles. The maximum atomic E-state index is 11.8. The molecule has 0 amide bonds. The Kier molecular flexibility index (Phi) is 6.31. The van der Waals surface area contributed by atoms with E-state index in [2.05, 4.69) is 27.2 Å². The summed E-state index contributed by atoms with van der Waals surface area (Å²) in [6, 6.07) is -0.252. The first-order chi connectivity index (χ1) is 8.55. The Morgan fingerprint density at radius 3 is 2.83 bits per heavy atom. The van der Waals surface area contributed by atoms with Gasteiger partial charge in [-0.05, 0) is 32.9 Å². The third-order valence-electron chi connectivity index (χ3n) is 2.57. The van der Waals surface area contributed by atoms with Gasteiger partial charge in [0.25, 0.3) is 0 Å². The maximum absolute atomic E-state index is 11.8. The molecule has 0 radical (unpaired) electrons. The van der Waals surface area contributed by atoms with E-state index in [0.717, 1.165) is 25.1 Å². The van der Waals surface area contributed by atoms with Crippen LogP contribution in [0, 0.1) is 0 Å². The van der Waals surface area contributed by atoms with Crippen LogP contribution in [0.25, 0.3) is 0 Å². The molecule has 0 spiro atoms. The van der Waals surface area contributed by atoms with Gasteiger partial charge in [0.15, 0.2) is 0 Å². The minimum absolute atomic E-state index is 0.145. The molecule has 1 aromatic heterocycles. The van der Waals surface area contributed by atoms with Gasteiger partial charge in [-0.15, -0.1) is 0 Å². The summed E-state index contributed by atoms with van der Waals surface area (Å²) in [5.74, 6) is 0.145. The lowest BCUT2D eigenvalue weighted by Gasteiger charge is -2.12. The molecule has 7 heteroatoms. The molecule has 18 heavy (non-hydrogen) atoms. The SMILES string of the molecule is CCCNCCCS(=O)(=O)NC(C)c1cn[nH]c1. The van der Waals surface area contributed by atoms with Crippen molar-refractivity contribution in [2.24, 2.45) is 0 Å². The molecule has 0 saturated carbocycles. The highest BCUT2D eigenvalue weighted by Crippen LogP contribution is 2.10. The minimum Gasteiger partial charge on any atom is -0.317 e. The zero-order chi connectivity index (χ0) is 13.4. The van der Waals surface area contributed by atoms with Crippen molar-refractivity contribution in [3.8, 4) is 0 Å². The highest BCUT2D eigenvalue weighted by molar-refractivity contribution is 7.89. The molecular weight excluding hydrogens is 252 g/mol. The van der Waals surface area contributed by atoms with E-state index in [4.69, 9.17) is 0 Å². The van der Waals surface area contributed by atoms with Gasteiger partial charge in [0.2, 0.25) is 10.0 Å². The van der Waals surface area contributed by atoms with Gasteiger partial charge in [-0.2, -0.15) is 5.10 Å². The fourth-order valence-corrected chi connectivity index (χ4v) is 2.90. The second-order valence-electron chi connectivity index (χ2n) is 4.29. The van der Waals surface area contributed by atoms with Crippen LogP contribution in [0.5, 0.6) is 0 Å². The van der Waals surface area contributed by atoms with E-state index in [1.165, 1.54) is 0 Å². The molecular formula is C11H22N4O2S. The summed E-state index contributed by atoms with van der Waals surface area (Å²) in [6.07, 6.45) is 4.99. The monoisotopic (exact) mass is 274 g/mol. The fourth-order valence-electron chi connectivity index (χ4n) is 1.58. The lowest BCUT2D eigenvalue weighted by Crippen LogP contribution is -2.30. The van der Waals surface area contributed by atoms with Crippen LogP contribution in [0.3, 0.4) is 0 Å². The van der Waals surface area contributed by atoms with Crippen LogP contribution in [0.2, 0.25) is 0 Å². The summed E-state index contributed by atoms with van der Waals surface area (Å²) in [5.41, 5.74) is 0.836. The summed E-state index contributed by atoms with van der Waals surface area (Å²) in [5, 5.41) is 9.65. The van der Waals surface area contributed by atoms with E-state index in [0.29, 0.717) is 6.42 Å². The number of hydrogen-bond donors (Lipinski definition) is 3. The Bertz CT molecular complexity index is 416. The zero-order valence-corrected chi connectivity index (χ0v) is 11.8. The van der Waals surface area contributed by atoms with Crippen molar-refractivity contribution < 1.29 is 8.42 Å². The Labute approximate surface area is 109 Å². The van der Waals surface area contributed by atoms with Gasteiger partial charge in [0.1, 0.15) is 0 Å². The van der Waals surface area contributed by atoms with Gasteiger partial charge in [-0.25, -0.2) is 13.1 Å². The number of nitrogens with zero attached hydrogens (tertiary/aromatic N) is 1. The number of nitrogens with one attached hydrogen (secondary N) is 3. The molecule has 0 saturated heterocycles. The van der Waals surface area contributed by atoms with Crippen LogP contribution < -0.4 is 10.0 Å². The van der Waals surface area contributed by atoms with Crippen LogP contribution in [0.15, 0.2) is 12.4 Å². The van der Waals surface area contributed by atoms with E-state index in [1.807, 2.05) is 0 Å². The van der Waals surface area contributed by atoms with Crippen molar-refractivity contribution in [3.63, 3.8) is 0 Å². The lowest BCUT2D eigenvalue weighted by molar-refractivity contribution is 0.561. The highest BCUT2D eigenvalue weighted by Gasteiger charge is 2.15. The molecule has 0 aliphatic heterocycles. The van der Waals surface area contributed by atoms with Crippen molar-refractivity contribution in [3.05, 3.63) is 18.0 Å². The number of rotatable bonds is 9. The quantitative estimate of drug-likeness (QED) is 0.581. The first-order valence-corrected chi connectivity index (χ1v) is 7.90. The number of hydrogen-bond acceptors (Lipinski definition) is 4. The molecule has 6 nitrogen and oxygen atoms in total. The third-order valence-corrected chi connectivity index (χ3v) is 4.11. The fraction of sp³-hybridized carbons (Fsp3) is 0.727. The normalized spacial score (nSPS) is 13.7. The topological polar surface area (TPSA) is 86.9 Å². The summed E-state index contributed by atoms with van der Waals surface area (Å²) in [7, 11) is -3.23. The Morgan fingerprint density at radius 2 is 2.22 bits per heavy atom. The minimum atomic E-state index is -3.23. The lowest BCUT2D eigenvalue weighted by atomic mass is 10.2. The van der Waals surface area contributed by atoms with E-state index in [9.17, 15) is 8.42 Å². The van der Waals surface area contributed by atoms with Gasteiger partial charge in [0.05, 0.1) is 11.9 Å². The van der Waals surface area contributed by atoms with E-state index >= 15 is 0 Å². The number of sulfonamides is 1. The number of aromatic nitrogens is 2. The van der Waals surface area contributed by atoms with Crippen molar-refractivity contribution in [1.82, 2.24) is 20.2 Å². The van der Waals surface area contributed by atoms with Gasteiger partial charge < -0.3 is 5.32 Å². The first kappa shape index (κ1) is 15.1. The molecule has 1 aromatic rings. The zero-order valence-electron chi connectivity index (χ0n) is 10.9. The Morgan fingerprint density at radius 1 is 1.44 bits per heavy atom.